The first-order valence-electron chi connectivity index (χ1n) is 5.40. The van der Waals surface area contributed by atoms with Crippen molar-refractivity contribution in [3.05, 3.63) is 42.1 Å². The van der Waals surface area contributed by atoms with Gasteiger partial charge in [0.25, 0.3) is 0 Å². The molecule has 0 fully saturated rings. The van der Waals surface area contributed by atoms with E-state index in [1.54, 1.807) is 4.68 Å². The van der Waals surface area contributed by atoms with E-state index >= 15 is 0 Å². The molecule has 1 aromatic heterocycles. The molecule has 0 saturated carbocycles. The van der Waals surface area contributed by atoms with Crippen molar-refractivity contribution in [1.82, 2.24) is 9.78 Å². The van der Waals surface area contributed by atoms with Crippen LogP contribution in [-0.2, 0) is 13.0 Å². The minimum atomic E-state index is -0.478. The molecule has 0 unspecified atom stereocenters. The van der Waals surface area contributed by atoms with Crippen LogP contribution in [0.25, 0.3) is 11.3 Å². The first-order chi connectivity index (χ1) is 8.35. The second-order valence-corrected chi connectivity index (χ2v) is 3.63. The van der Waals surface area contributed by atoms with E-state index in [9.17, 15) is 4.39 Å². The van der Waals surface area contributed by atoms with Crippen LogP contribution < -0.4 is 0 Å². The van der Waals surface area contributed by atoms with Crippen LogP contribution in [0.5, 0.6) is 0 Å². The lowest BCUT2D eigenvalue weighted by Gasteiger charge is -2.00. The molecule has 0 amide bonds. The number of halogens is 1. The number of aryl methyl sites for hydroxylation is 1. The maximum Gasteiger partial charge on any atom is 0.109 e. The fraction of sp³-hybridized carbons (Fsp3) is 0.231. The van der Waals surface area contributed by atoms with Gasteiger partial charge in [0.05, 0.1) is 30.4 Å². The van der Waals surface area contributed by atoms with E-state index in [-0.39, 0.29) is 13.0 Å². The summed E-state index contributed by atoms with van der Waals surface area (Å²) in [7, 11) is 0. The number of nitrogens with zero attached hydrogens (tertiary/aromatic N) is 3. The number of nitriles is 1. The summed E-state index contributed by atoms with van der Waals surface area (Å²) >= 11 is 0. The number of benzene rings is 1. The van der Waals surface area contributed by atoms with Gasteiger partial charge in [0.2, 0.25) is 0 Å². The maximum atomic E-state index is 12.4. The van der Waals surface area contributed by atoms with Crippen molar-refractivity contribution in [2.75, 3.05) is 6.67 Å². The quantitative estimate of drug-likeness (QED) is 0.808. The molecule has 0 saturated heterocycles. The summed E-state index contributed by atoms with van der Waals surface area (Å²) in [6.45, 7) is -0.280. The third-order valence-electron chi connectivity index (χ3n) is 2.49. The van der Waals surface area contributed by atoms with Crippen LogP contribution in [0.2, 0.25) is 0 Å². The summed E-state index contributed by atoms with van der Waals surface area (Å²) in [5.74, 6) is 0. The van der Waals surface area contributed by atoms with E-state index in [0.717, 1.165) is 17.0 Å². The summed E-state index contributed by atoms with van der Waals surface area (Å²) in [6.07, 6.45) is 0.250. The predicted octanol–water partition coefficient (Wildman–Crippen LogP) is 2.59. The lowest BCUT2D eigenvalue weighted by Crippen LogP contribution is -2.05. The third-order valence-corrected chi connectivity index (χ3v) is 2.49. The summed E-state index contributed by atoms with van der Waals surface area (Å²) in [5.41, 5.74) is 2.51. The Kier molecular flexibility index (Phi) is 3.51. The molecule has 0 aliphatic heterocycles. The molecular formula is C13H12FN3. The van der Waals surface area contributed by atoms with Crippen molar-refractivity contribution in [2.24, 2.45) is 0 Å². The second kappa shape index (κ2) is 5.26. The molecule has 4 heteroatoms. The number of alkyl halides is 1. The topological polar surface area (TPSA) is 41.6 Å². The minimum absolute atomic E-state index is 0.198. The van der Waals surface area contributed by atoms with Crippen LogP contribution >= 0.6 is 0 Å². The Morgan fingerprint density at radius 3 is 2.71 bits per heavy atom. The van der Waals surface area contributed by atoms with E-state index in [2.05, 4.69) is 11.2 Å². The van der Waals surface area contributed by atoms with Crippen LogP contribution in [0.3, 0.4) is 0 Å². The first-order valence-corrected chi connectivity index (χ1v) is 5.40. The van der Waals surface area contributed by atoms with Gasteiger partial charge in [-0.3, -0.25) is 4.68 Å². The second-order valence-electron chi connectivity index (χ2n) is 3.63. The van der Waals surface area contributed by atoms with Crippen molar-refractivity contribution < 1.29 is 4.39 Å². The fourth-order valence-electron chi connectivity index (χ4n) is 1.70. The van der Waals surface area contributed by atoms with Crippen LogP contribution in [0.15, 0.2) is 36.4 Å². The Balaban J connectivity index is 2.37. The highest BCUT2D eigenvalue weighted by Crippen LogP contribution is 2.19. The smallest absolute Gasteiger partial charge is 0.109 e. The monoisotopic (exact) mass is 229 g/mol. The number of aromatic nitrogens is 2. The Bertz CT molecular complexity index is 525. The van der Waals surface area contributed by atoms with E-state index in [1.165, 1.54) is 0 Å². The highest BCUT2D eigenvalue weighted by Gasteiger charge is 2.08. The average Bonchev–Trinajstić information content (AvgIpc) is 2.75. The Labute approximate surface area is 99.1 Å². The number of hydrogen-bond donors (Lipinski definition) is 0. The third kappa shape index (κ3) is 2.51. The Morgan fingerprint density at radius 2 is 2.06 bits per heavy atom. The van der Waals surface area contributed by atoms with Crippen molar-refractivity contribution in [3.8, 4) is 17.3 Å². The lowest BCUT2D eigenvalue weighted by atomic mass is 10.1. The standard InChI is InChI=1S/C13H12FN3/c14-7-9-17-12(6-8-15)10-13(16-17)11-4-2-1-3-5-11/h1-5,10H,6-7,9H2. The van der Waals surface area contributed by atoms with E-state index in [1.807, 2.05) is 36.4 Å². The van der Waals surface area contributed by atoms with E-state index < -0.39 is 6.67 Å². The van der Waals surface area contributed by atoms with Gasteiger partial charge in [-0.1, -0.05) is 30.3 Å². The van der Waals surface area contributed by atoms with Gasteiger partial charge in [-0.15, -0.1) is 0 Å². The van der Waals surface area contributed by atoms with Gasteiger partial charge in [0.1, 0.15) is 6.67 Å². The molecular weight excluding hydrogens is 217 g/mol. The van der Waals surface area contributed by atoms with Crippen LogP contribution in [0.4, 0.5) is 4.39 Å². The SMILES string of the molecule is N#CCc1cc(-c2ccccc2)nn1CCF. The molecule has 0 spiro atoms. The predicted molar refractivity (Wildman–Crippen MR) is 63.0 cm³/mol. The van der Waals surface area contributed by atoms with Crippen LogP contribution in [-0.4, -0.2) is 16.5 Å². The fourth-order valence-corrected chi connectivity index (χ4v) is 1.70. The first kappa shape index (κ1) is 11.3. The lowest BCUT2D eigenvalue weighted by molar-refractivity contribution is 0.422. The van der Waals surface area contributed by atoms with Gasteiger partial charge in [0, 0.05) is 5.56 Å². The molecule has 2 rings (SSSR count). The molecule has 0 aliphatic carbocycles. The largest absolute Gasteiger partial charge is 0.265 e. The summed E-state index contributed by atoms with van der Waals surface area (Å²) < 4.78 is 13.9. The number of rotatable bonds is 4. The zero-order valence-corrected chi connectivity index (χ0v) is 9.31. The molecule has 0 N–H and O–H groups in total. The summed E-state index contributed by atoms with van der Waals surface area (Å²) in [6, 6.07) is 13.6. The van der Waals surface area contributed by atoms with Crippen molar-refractivity contribution in [2.45, 2.75) is 13.0 Å². The molecule has 86 valence electrons. The molecule has 0 radical (unpaired) electrons. The Morgan fingerprint density at radius 1 is 1.29 bits per heavy atom. The molecule has 1 aromatic carbocycles. The van der Waals surface area contributed by atoms with Crippen molar-refractivity contribution >= 4 is 0 Å². The van der Waals surface area contributed by atoms with Gasteiger partial charge in [-0.05, 0) is 6.07 Å². The van der Waals surface area contributed by atoms with E-state index in [4.69, 9.17) is 5.26 Å². The molecule has 3 nitrogen and oxygen atoms in total. The van der Waals surface area contributed by atoms with Crippen molar-refractivity contribution in [3.63, 3.8) is 0 Å². The molecule has 2 aromatic rings. The van der Waals surface area contributed by atoms with Gasteiger partial charge >= 0.3 is 0 Å². The maximum absolute atomic E-state index is 12.4. The molecule has 17 heavy (non-hydrogen) atoms. The van der Waals surface area contributed by atoms with Crippen LogP contribution in [0, 0.1) is 11.3 Å². The normalized spacial score (nSPS) is 10.1. The summed E-state index contributed by atoms with van der Waals surface area (Å²) in [4.78, 5) is 0. The van der Waals surface area contributed by atoms with Gasteiger partial charge in [-0.2, -0.15) is 10.4 Å². The summed E-state index contributed by atoms with van der Waals surface area (Å²) in [5, 5.41) is 13.0. The highest BCUT2D eigenvalue weighted by molar-refractivity contribution is 5.59. The number of hydrogen-bond acceptors (Lipinski definition) is 2. The molecule has 0 aliphatic rings. The minimum Gasteiger partial charge on any atom is -0.265 e. The van der Waals surface area contributed by atoms with Gasteiger partial charge in [0.15, 0.2) is 0 Å². The van der Waals surface area contributed by atoms with Crippen LogP contribution in [0.1, 0.15) is 5.69 Å². The highest BCUT2D eigenvalue weighted by atomic mass is 19.1. The molecule has 1 heterocycles. The van der Waals surface area contributed by atoms with Gasteiger partial charge in [-0.25, -0.2) is 4.39 Å². The zero-order chi connectivity index (χ0) is 12.1. The molecule has 0 bridgehead atoms. The Hall–Kier alpha value is -2.15. The average molecular weight is 229 g/mol. The van der Waals surface area contributed by atoms with Gasteiger partial charge < -0.3 is 0 Å². The van der Waals surface area contributed by atoms with Crippen molar-refractivity contribution in [1.29, 1.82) is 5.26 Å². The molecule has 0 atom stereocenters. The van der Waals surface area contributed by atoms with E-state index in [0.29, 0.717) is 0 Å². The zero-order valence-electron chi connectivity index (χ0n) is 9.31.